The summed E-state index contributed by atoms with van der Waals surface area (Å²) < 4.78 is 19.4. The molecular formula is C21H33FN2O7. The molecule has 1 aliphatic rings. The van der Waals surface area contributed by atoms with Gasteiger partial charge in [0.2, 0.25) is 5.82 Å². The van der Waals surface area contributed by atoms with E-state index in [4.69, 9.17) is 4.74 Å². The summed E-state index contributed by atoms with van der Waals surface area (Å²) in [6.45, 7) is 2.17. The summed E-state index contributed by atoms with van der Waals surface area (Å²) in [7, 11) is 0. The van der Waals surface area contributed by atoms with Crippen molar-refractivity contribution in [2.24, 2.45) is 0 Å². The molecule has 1 saturated heterocycles. The molecule has 0 aliphatic carbocycles. The van der Waals surface area contributed by atoms with Gasteiger partial charge in [-0.2, -0.15) is 4.39 Å². The highest BCUT2D eigenvalue weighted by atomic mass is 19.1. The number of ketones is 1. The molecule has 0 saturated carbocycles. The fourth-order valence-electron chi connectivity index (χ4n) is 3.77. The third-order valence-corrected chi connectivity index (χ3v) is 5.64. The summed E-state index contributed by atoms with van der Waals surface area (Å²) in [5, 5.41) is 30.7. The van der Waals surface area contributed by atoms with Crippen molar-refractivity contribution in [1.29, 1.82) is 0 Å². The van der Waals surface area contributed by atoms with Gasteiger partial charge in [0.1, 0.15) is 24.4 Å². The van der Waals surface area contributed by atoms with Gasteiger partial charge in [-0.25, -0.2) is 4.79 Å². The summed E-state index contributed by atoms with van der Waals surface area (Å²) in [6, 6.07) is 0. The molecule has 0 spiro atoms. The van der Waals surface area contributed by atoms with E-state index in [1.54, 1.807) is 4.98 Å². The highest BCUT2D eigenvalue weighted by molar-refractivity contribution is 5.83. The van der Waals surface area contributed by atoms with Gasteiger partial charge < -0.3 is 20.1 Å². The zero-order chi connectivity index (χ0) is 23.0. The predicted octanol–water partition coefficient (Wildman–Crippen LogP) is 1.15. The van der Waals surface area contributed by atoms with Crippen molar-refractivity contribution in [1.82, 2.24) is 9.55 Å². The van der Waals surface area contributed by atoms with Crippen LogP contribution in [0.2, 0.25) is 0 Å². The molecule has 0 radical (unpaired) electrons. The van der Waals surface area contributed by atoms with Crippen LogP contribution in [0.15, 0.2) is 15.8 Å². The molecule has 5 atom stereocenters. The van der Waals surface area contributed by atoms with E-state index in [1.807, 2.05) is 0 Å². The molecule has 1 fully saturated rings. The van der Waals surface area contributed by atoms with Crippen LogP contribution >= 0.6 is 0 Å². The molecule has 4 N–H and O–H groups in total. The molecule has 2 rings (SSSR count). The summed E-state index contributed by atoms with van der Waals surface area (Å²) in [6.07, 6.45) is 2.14. The first-order valence-electron chi connectivity index (χ1n) is 11.0. The number of hydrogen-bond donors (Lipinski definition) is 4. The van der Waals surface area contributed by atoms with Crippen LogP contribution in [0.4, 0.5) is 4.39 Å². The number of carbonyl (C=O) groups is 1. The van der Waals surface area contributed by atoms with Crippen LogP contribution in [0.5, 0.6) is 0 Å². The Hall–Kier alpha value is -1.88. The van der Waals surface area contributed by atoms with E-state index in [2.05, 4.69) is 6.92 Å². The maximum Gasteiger partial charge on any atom is 0.330 e. The predicted molar refractivity (Wildman–Crippen MR) is 110 cm³/mol. The van der Waals surface area contributed by atoms with Gasteiger partial charge in [0, 0.05) is 6.42 Å². The van der Waals surface area contributed by atoms with E-state index < -0.39 is 53.5 Å². The molecule has 9 nitrogen and oxygen atoms in total. The molecule has 1 unspecified atom stereocenters. The third-order valence-electron chi connectivity index (χ3n) is 5.64. The number of halogens is 1. The number of aromatic nitrogens is 2. The molecule has 10 heteroatoms. The van der Waals surface area contributed by atoms with E-state index in [1.165, 1.54) is 32.1 Å². The van der Waals surface area contributed by atoms with Gasteiger partial charge in [0.15, 0.2) is 12.0 Å². The molecule has 1 aromatic heterocycles. The van der Waals surface area contributed by atoms with Crippen molar-refractivity contribution in [3.8, 4) is 0 Å². The lowest BCUT2D eigenvalue weighted by Gasteiger charge is -2.20. The lowest BCUT2D eigenvalue weighted by atomic mass is 9.98. The average Bonchev–Trinajstić information content (AvgIpc) is 3.03. The minimum atomic E-state index is -1.71. The number of ether oxygens (including phenoxy) is 1. The van der Waals surface area contributed by atoms with Crippen molar-refractivity contribution in [3.63, 3.8) is 0 Å². The Morgan fingerprint density at radius 2 is 1.68 bits per heavy atom. The SMILES string of the molecule is CCCCCCCCCCCC(=O)C(O)[C@H]1O[C@@H](n2cc(F)c(=O)[nH]c2=O)[C@H](O)[C@@H]1O. The first-order chi connectivity index (χ1) is 14.8. The van der Waals surface area contributed by atoms with E-state index in [9.17, 15) is 34.1 Å². The number of H-pyrrole nitrogens is 1. The number of unbranched alkanes of at least 4 members (excludes halogenated alkanes) is 8. The Morgan fingerprint density at radius 1 is 1.10 bits per heavy atom. The number of carbonyl (C=O) groups excluding carboxylic acids is 1. The van der Waals surface area contributed by atoms with Crippen LogP contribution in [-0.4, -0.2) is 55.1 Å². The van der Waals surface area contributed by atoms with Crippen molar-refractivity contribution in [2.75, 3.05) is 0 Å². The minimum absolute atomic E-state index is 0.0948. The Morgan fingerprint density at radius 3 is 2.29 bits per heavy atom. The van der Waals surface area contributed by atoms with Gasteiger partial charge in [-0.05, 0) is 6.42 Å². The van der Waals surface area contributed by atoms with Crippen LogP contribution in [-0.2, 0) is 9.53 Å². The molecule has 0 aromatic carbocycles. The molecule has 176 valence electrons. The molecular weight excluding hydrogens is 411 g/mol. The maximum atomic E-state index is 13.5. The first-order valence-corrected chi connectivity index (χ1v) is 11.0. The first kappa shape index (κ1) is 25.4. The standard InChI is InChI=1S/C21H33FN2O7/c1-2-3-4-5-6-7-8-9-10-11-14(25)15(26)18-16(27)17(28)20(31-18)24-12-13(22)19(29)23-21(24)30/h12,15-18,20,26-28H,2-11H2,1H3,(H,23,29,30)/t15?,16-,17+,18+,20+/m0/s1. The zero-order valence-electron chi connectivity index (χ0n) is 17.8. The number of hydrogen-bond acceptors (Lipinski definition) is 7. The van der Waals surface area contributed by atoms with Crippen molar-refractivity contribution >= 4 is 5.78 Å². The number of aliphatic hydroxyl groups excluding tert-OH is 3. The number of nitrogens with zero attached hydrogens (tertiary/aromatic N) is 1. The smallest absolute Gasteiger partial charge is 0.330 e. The summed E-state index contributed by atoms with van der Waals surface area (Å²) in [5.41, 5.74) is -2.29. The van der Waals surface area contributed by atoms with Gasteiger partial charge in [0.05, 0.1) is 6.20 Å². The number of nitrogens with one attached hydrogen (secondary N) is 1. The Bertz CT molecular complexity index is 825. The minimum Gasteiger partial charge on any atom is -0.387 e. The number of Topliss-reactive ketones (excluding diaryl/α,β-unsaturated/α-hetero) is 1. The fourth-order valence-corrected chi connectivity index (χ4v) is 3.77. The largest absolute Gasteiger partial charge is 0.387 e. The van der Waals surface area contributed by atoms with Gasteiger partial charge in [-0.3, -0.25) is 19.1 Å². The van der Waals surface area contributed by atoms with Crippen LogP contribution in [0.1, 0.15) is 77.4 Å². The number of rotatable bonds is 13. The second kappa shape index (κ2) is 12.2. The van der Waals surface area contributed by atoms with Gasteiger partial charge in [0.25, 0.3) is 5.56 Å². The molecule has 31 heavy (non-hydrogen) atoms. The maximum absolute atomic E-state index is 13.5. The van der Waals surface area contributed by atoms with Crippen LogP contribution in [0.3, 0.4) is 0 Å². The Balaban J connectivity index is 1.83. The average molecular weight is 445 g/mol. The molecule has 0 bridgehead atoms. The molecule has 0 amide bonds. The zero-order valence-corrected chi connectivity index (χ0v) is 17.8. The number of aliphatic hydroxyl groups is 3. The van der Waals surface area contributed by atoms with Gasteiger partial charge >= 0.3 is 5.69 Å². The van der Waals surface area contributed by atoms with Gasteiger partial charge in [-0.1, -0.05) is 58.3 Å². The lowest BCUT2D eigenvalue weighted by molar-refractivity contribution is -0.141. The summed E-state index contributed by atoms with van der Waals surface area (Å²) >= 11 is 0. The Labute approximate surface area is 179 Å². The van der Waals surface area contributed by atoms with Crippen molar-refractivity contribution < 1.29 is 29.2 Å². The number of aromatic amines is 1. The topological polar surface area (TPSA) is 142 Å². The van der Waals surface area contributed by atoms with E-state index in [0.29, 0.717) is 17.2 Å². The monoisotopic (exact) mass is 444 g/mol. The molecule has 2 heterocycles. The van der Waals surface area contributed by atoms with Crippen LogP contribution in [0, 0.1) is 5.82 Å². The molecule has 1 aliphatic heterocycles. The van der Waals surface area contributed by atoms with E-state index >= 15 is 0 Å². The summed E-state index contributed by atoms with van der Waals surface area (Å²) in [4.78, 5) is 37.1. The highest BCUT2D eigenvalue weighted by Crippen LogP contribution is 2.30. The van der Waals surface area contributed by atoms with Crippen LogP contribution < -0.4 is 11.2 Å². The Kier molecular flexibility index (Phi) is 10.0. The van der Waals surface area contributed by atoms with Crippen molar-refractivity contribution in [3.05, 3.63) is 32.9 Å². The highest BCUT2D eigenvalue weighted by Gasteiger charge is 2.48. The summed E-state index contributed by atoms with van der Waals surface area (Å²) in [5.74, 6) is -1.82. The normalized spacial score (nSPS) is 24.4. The van der Waals surface area contributed by atoms with Crippen molar-refractivity contribution in [2.45, 2.75) is 102 Å². The second-order valence-electron chi connectivity index (χ2n) is 8.11. The van der Waals surface area contributed by atoms with Crippen LogP contribution in [0.25, 0.3) is 0 Å². The van der Waals surface area contributed by atoms with Gasteiger partial charge in [-0.15, -0.1) is 0 Å². The van der Waals surface area contributed by atoms with E-state index in [-0.39, 0.29) is 6.42 Å². The van der Waals surface area contributed by atoms with E-state index in [0.717, 1.165) is 19.3 Å². The second-order valence-corrected chi connectivity index (χ2v) is 8.11. The quantitative estimate of drug-likeness (QED) is 0.334. The third kappa shape index (κ3) is 6.80. The molecule has 1 aromatic rings. The fraction of sp³-hybridized carbons (Fsp3) is 0.762. The lowest BCUT2D eigenvalue weighted by Crippen LogP contribution is -2.43.